The first-order chi connectivity index (χ1) is 12.0. The fourth-order valence-electron chi connectivity index (χ4n) is 3.27. The Morgan fingerprint density at radius 1 is 1.35 bits per heavy atom. The van der Waals surface area contributed by atoms with Crippen LogP contribution >= 0.6 is 35.6 Å². The molecule has 26 heavy (non-hydrogen) atoms. The van der Waals surface area contributed by atoms with Crippen molar-refractivity contribution in [3.63, 3.8) is 0 Å². The lowest BCUT2D eigenvalue weighted by Gasteiger charge is -2.42. The van der Waals surface area contributed by atoms with E-state index in [-0.39, 0.29) is 35.6 Å². The number of guanidine groups is 1. The number of benzene rings is 1. The molecule has 2 fully saturated rings. The van der Waals surface area contributed by atoms with Gasteiger partial charge in [-0.2, -0.15) is 0 Å². The number of aliphatic imine (C=N–C) groups is 1. The zero-order valence-corrected chi connectivity index (χ0v) is 18.9. The number of hydrogen-bond acceptors (Lipinski definition) is 3. The van der Waals surface area contributed by atoms with Gasteiger partial charge in [-0.1, -0.05) is 23.7 Å². The molecular formula is C19H30ClIN4O. The quantitative estimate of drug-likeness (QED) is 0.376. The molecule has 1 atom stereocenters. The van der Waals surface area contributed by atoms with Crippen molar-refractivity contribution in [3.8, 4) is 0 Å². The van der Waals surface area contributed by atoms with E-state index in [0.29, 0.717) is 6.04 Å². The maximum Gasteiger partial charge on any atom is 0.191 e. The number of halogens is 2. The van der Waals surface area contributed by atoms with Gasteiger partial charge in [0.1, 0.15) is 0 Å². The molecule has 7 heteroatoms. The summed E-state index contributed by atoms with van der Waals surface area (Å²) in [4.78, 5) is 6.84. The second-order valence-electron chi connectivity index (χ2n) is 7.52. The molecular weight excluding hydrogens is 463 g/mol. The van der Waals surface area contributed by atoms with Crippen LogP contribution in [0.3, 0.4) is 0 Å². The summed E-state index contributed by atoms with van der Waals surface area (Å²) < 4.78 is 5.89. The van der Waals surface area contributed by atoms with Gasteiger partial charge in [-0.05, 0) is 44.4 Å². The van der Waals surface area contributed by atoms with Crippen molar-refractivity contribution in [1.82, 2.24) is 15.5 Å². The topological polar surface area (TPSA) is 48.9 Å². The highest BCUT2D eigenvalue weighted by atomic mass is 127. The second-order valence-corrected chi connectivity index (χ2v) is 7.95. The van der Waals surface area contributed by atoms with Crippen LogP contribution < -0.4 is 10.6 Å². The van der Waals surface area contributed by atoms with Gasteiger partial charge in [-0.15, -0.1) is 24.0 Å². The van der Waals surface area contributed by atoms with Gasteiger partial charge in [-0.3, -0.25) is 9.89 Å². The molecule has 1 saturated heterocycles. The van der Waals surface area contributed by atoms with E-state index >= 15 is 0 Å². The molecule has 5 nitrogen and oxygen atoms in total. The van der Waals surface area contributed by atoms with Crippen LogP contribution in [-0.4, -0.2) is 55.8 Å². The first-order valence-electron chi connectivity index (χ1n) is 9.07. The smallest absolute Gasteiger partial charge is 0.191 e. The van der Waals surface area contributed by atoms with Crippen molar-refractivity contribution in [2.24, 2.45) is 4.99 Å². The lowest BCUT2D eigenvalue weighted by atomic mass is 10.0. The van der Waals surface area contributed by atoms with E-state index in [1.807, 2.05) is 19.2 Å². The van der Waals surface area contributed by atoms with E-state index in [1.54, 1.807) is 0 Å². The van der Waals surface area contributed by atoms with E-state index in [0.717, 1.165) is 37.2 Å². The van der Waals surface area contributed by atoms with Crippen molar-refractivity contribution in [2.45, 2.75) is 44.4 Å². The molecule has 3 rings (SSSR count). The average Bonchev–Trinajstić information content (AvgIpc) is 3.38. The minimum Gasteiger partial charge on any atom is -0.373 e. The Hall–Kier alpha value is -0.570. The van der Waals surface area contributed by atoms with E-state index < -0.39 is 0 Å². The summed E-state index contributed by atoms with van der Waals surface area (Å²) in [5.41, 5.74) is 1.13. The normalized spacial score (nSPS) is 21.6. The number of nitrogens with one attached hydrogen (secondary N) is 2. The van der Waals surface area contributed by atoms with Crippen LogP contribution in [0.15, 0.2) is 29.3 Å². The molecule has 146 valence electrons. The van der Waals surface area contributed by atoms with Gasteiger partial charge in [0.2, 0.25) is 0 Å². The molecule has 2 aliphatic rings. The van der Waals surface area contributed by atoms with E-state index in [2.05, 4.69) is 46.5 Å². The predicted octanol–water partition coefficient (Wildman–Crippen LogP) is 3.44. The molecule has 0 bridgehead atoms. The number of nitrogens with zero attached hydrogens (tertiary/aromatic N) is 2. The van der Waals surface area contributed by atoms with Gasteiger partial charge >= 0.3 is 0 Å². The minimum absolute atomic E-state index is 0. The van der Waals surface area contributed by atoms with Gasteiger partial charge in [-0.25, -0.2) is 0 Å². The standard InChI is InChI=1S/C19H29ClN4O.HI/c1-19(2)13-24(10-11-25-19)17(14-4-6-15(20)7-5-14)12-22-18(21-3)23-16-8-9-16;/h4-7,16-17H,8-13H2,1-3H3,(H2,21,22,23);1H. The molecule has 1 aromatic rings. The van der Waals surface area contributed by atoms with E-state index in [4.69, 9.17) is 16.3 Å². The first kappa shape index (κ1) is 21.7. The molecule has 0 amide bonds. The highest BCUT2D eigenvalue weighted by Crippen LogP contribution is 2.27. The summed E-state index contributed by atoms with van der Waals surface area (Å²) in [7, 11) is 1.83. The van der Waals surface area contributed by atoms with Crippen LogP contribution in [0.25, 0.3) is 0 Å². The highest BCUT2D eigenvalue weighted by Gasteiger charge is 2.32. The van der Waals surface area contributed by atoms with Crippen LogP contribution in [0.1, 0.15) is 38.3 Å². The fourth-order valence-corrected chi connectivity index (χ4v) is 3.40. The molecule has 1 aliphatic heterocycles. The molecule has 1 heterocycles. The van der Waals surface area contributed by atoms with Crippen molar-refractivity contribution in [2.75, 3.05) is 33.3 Å². The lowest BCUT2D eigenvalue weighted by molar-refractivity contribution is -0.0971. The molecule has 1 unspecified atom stereocenters. The number of hydrogen-bond donors (Lipinski definition) is 2. The zero-order valence-electron chi connectivity index (χ0n) is 15.8. The maximum atomic E-state index is 6.08. The van der Waals surface area contributed by atoms with Crippen LogP contribution in [-0.2, 0) is 4.74 Å². The summed E-state index contributed by atoms with van der Waals surface area (Å²) in [6, 6.07) is 9.00. The number of rotatable bonds is 5. The Morgan fingerprint density at radius 3 is 2.62 bits per heavy atom. The summed E-state index contributed by atoms with van der Waals surface area (Å²) >= 11 is 6.08. The highest BCUT2D eigenvalue weighted by molar-refractivity contribution is 14.0. The van der Waals surface area contributed by atoms with Crippen LogP contribution in [0.2, 0.25) is 5.02 Å². The van der Waals surface area contributed by atoms with Gasteiger partial charge in [0.15, 0.2) is 5.96 Å². The Balaban J connectivity index is 0.00000243. The lowest BCUT2D eigenvalue weighted by Crippen LogP contribution is -2.52. The third kappa shape index (κ3) is 6.25. The molecule has 0 aromatic heterocycles. The van der Waals surface area contributed by atoms with Gasteiger partial charge in [0.05, 0.1) is 18.2 Å². The molecule has 1 saturated carbocycles. The Morgan fingerprint density at radius 2 is 2.04 bits per heavy atom. The molecule has 0 spiro atoms. The summed E-state index contributed by atoms with van der Waals surface area (Å²) in [6.07, 6.45) is 2.47. The monoisotopic (exact) mass is 492 g/mol. The van der Waals surface area contributed by atoms with E-state index in [1.165, 1.54) is 18.4 Å². The van der Waals surface area contributed by atoms with Crippen LogP contribution in [0.4, 0.5) is 0 Å². The molecule has 0 radical (unpaired) electrons. The summed E-state index contributed by atoms with van der Waals surface area (Å²) in [5.74, 6) is 0.883. The fraction of sp³-hybridized carbons (Fsp3) is 0.632. The Bertz CT molecular complexity index is 604. The predicted molar refractivity (Wildman–Crippen MR) is 119 cm³/mol. The first-order valence-corrected chi connectivity index (χ1v) is 9.45. The van der Waals surface area contributed by atoms with E-state index in [9.17, 15) is 0 Å². The van der Waals surface area contributed by atoms with Crippen molar-refractivity contribution in [1.29, 1.82) is 0 Å². The maximum absolute atomic E-state index is 6.08. The van der Waals surface area contributed by atoms with Crippen LogP contribution in [0, 0.1) is 0 Å². The number of ether oxygens (including phenoxy) is 1. The second kappa shape index (κ2) is 9.57. The van der Waals surface area contributed by atoms with Gasteiger partial charge in [0, 0.05) is 37.7 Å². The summed E-state index contributed by atoms with van der Waals surface area (Å²) in [5, 5.41) is 7.72. The van der Waals surface area contributed by atoms with Gasteiger partial charge in [0.25, 0.3) is 0 Å². The van der Waals surface area contributed by atoms with Crippen LogP contribution in [0.5, 0.6) is 0 Å². The largest absolute Gasteiger partial charge is 0.373 e. The third-order valence-corrected chi connectivity index (χ3v) is 5.01. The number of morpholine rings is 1. The molecule has 1 aliphatic carbocycles. The van der Waals surface area contributed by atoms with Crippen molar-refractivity contribution in [3.05, 3.63) is 34.9 Å². The summed E-state index contributed by atoms with van der Waals surface area (Å²) in [6.45, 7) is 7.68. The van der Waals surface area contributed by atoms with Crippen molar-refractivity contribution >= 4 is 41.5 Å². The minimum atomic E-state index is -0.128. The zero-order chi connectivity index (χ0) is 17.9. The van der Waals surface area contributed by atoms with Crippen molar-refractivity contribution < 1.29 is 4.74 Å². The van der Waals surface area contributed by atoms with Gasteiger partial charge < -0.3 is 15.4 Å². The molecule has 1 aromatic carbocycles. The Labute approximate surface area is 178 Å². The third-order valence-electron chi connectivity index (χ3n) is 4.76. The average molecular weight is 493 g/mol. The SMILES string of the molecule is CN=C(NCC(c1ccc(Cl)cc1)N1CCOC(C)(C)C1)NC1CC1.I. The molecule has 2 N–H and O–H groups in total. The Kier molecular flexibility index (Phi) is 8.00.